The Hall–Kier alpha value is -1.89. The molecular weight excluding hydrogens is 406 g/mol. The van der Waals surface area contributed by atoms with Crippen LogP contribution in [0.4, 0.5) is 0 Å². The Labute approximate surface area is 182 Å². The van der Waals surface area contributed by atoms with E-state index in [9.17, 15) is 9.59 Å². The van der Waals surface area contributed by atoms with Crippen molar-refractivity contribution in [1.82, 2.24) is 15.5 Å². The Morgan fingerprint density at radius 1 is 1.07 bits per heavy atom. The average molecular weight is 434 g/mol. The van der Waals surface area contributed by atoms with Gasteiger partial charge in [-0.25, -0.2) is 0 Å². The molecule has 2 aliphatic rings. The topological polar surface area (TPSA) is 61.4 Å². The summed E-state index contributed by atoms with van der Waals surface area (Å²) in [7, 11) is 0. The molecule has 2 aliphatic heterocycles. The molecule has 2 fully saturated rings. The molecule has 2 saturated heterocycles. The maximum atomic E-state index is 13.4. The highest BCUT2D eigenvalue weighted by Crippen LogP contribution is 2.27. The van der Waals surface area contributed by atoms with E-state index in [0.29, 0.717) is 23.1 Å². The fourth-order valence-corrected chi connectivity index (χ4v) is 4.97. The highest BCUT2D eigenvalue weighted by molar-refractivity contribution is 7.12. The normalized spacial score (nSPS) is 22.1. The van der Waals surface area contributed by atoms with Gasteiger partial charge in [0, 0.05) is 19.5 Å². The van der Waals surface area contributed by atoms with Gasteiger partial charge in [0.15, 0.2) is 0 Å². The first-order chi connectivity index (χ1) is 13.7. The number of halogens is 1. The van der Waals surface area contributed by atoms with E-state index < -0.39 is 6.04 Å². The lowest BCUT2D eigenvalue weighted by molar-refractivity contribution is -0.133. The first-order valence-electron chi connectivity index (χ1n) is 10.1. The monoisotopic (exact) mass is 433 g/mol. The number of rotatable bonds is 5. The number of carbonyl (C=O) groups is 2. The number of amides is 2. The van der Waals surface area contributed by atoms with Crippen molar-refractivity contribution in [2.75, 3.05) is 26.2 Å². The van der Waals surface area contributed by atoms with Crippen molar-refractivity contribution in [2.24, 2.45) is 11.8 Å². The SMILES string of the molecule is Cl.O=C(NC(Cc1ccccc1)C(=O)N1CC[C@@H]2CNC[C@@H]2CC1)c1cccs1. The number of fused-ring (bicyclic) bond motifs is 1. The first-order valence-corrected chi connectivity index (χ1v) is 11.0. The third kappa shape index (κ3) is 5.38. The lowest BCUT2D eigenvalue weighted by Crippen LogP contribution is -2.50. The van der Waals surface area contributed by atoms with Crippen LogP contribution in [0.15, 0.2) is 47.8 Å². The lowest BCUT2D eigenvalue weighted by atomic mass is 9.92. The molecule has 1 aromatic heterocycles. The second-order valence-corrected chi connectivity index (χ2v) is 8.72. The number of hydrogen-bond donors (Lipinski definition) is 2. The molecule has 2 N–H and O–H groups in total. The smallest absolute Gasteiger partial charge is 0.262 e. The number of hydrogen-bond acceptors (Lipinski definition) is 4. The van der Waals surface area contributed by atoms with Gasteiger partial charge in [-0.05, 0) is 54.8 Å². The molecule has 3 heterocycles. The summed E-state index contributed by atoms with van der Waals surface area (Å²) in [4.78, 5) is 28.6. The molecule has 0 radical (unpaired) electrons. The van der Waals surface area contributed by atoms with Crippen LogP contribution in [0.25, 0.3) is 0 Å². The van der Waals surface area contributed by atoms with E-state index in [-0.39, 0.29) is 24.2 Å². The minimum atomic E-state index is -0.534. The van der Waals surface area contributed by atoms with E-state index in [1.807, 2.05) is 46.7 Å². The molecule has 156 valence electrons. The summed E-state index contributed by atoms with van der Waals surface area (Å²) in [5, 5.41) is 8.36. The van der Waals surface area contributed by atoms with Crippen LogP contribution in [0.5, 0.6) is 0 Å². The molecular formula is C22H28ClN3O2S. The molecule has 0 aliphatic carbocycles. The Morgan fingerprint density at radius 2 is 1.76 bits per heavy atom. The second kappa shape index (κ2) is 10.2. The number of nitrogens with one attached hydrogen (secondary N) is 2. The van der Waals surface area contributed by atoms with Crippen molar-refractivity contribution in [3.05, 3.63) is 58.3 Å². The van der Waals surface area contributed by atoms with Gasteiger partial charge in [-0.1, -0.05) is 36.4 Å². The van der Waals surface area contributed by atoms with Gasteiger partial charge in [-0.15, -0.1) is 23.7 Å². The van der Waals surface area contributed by atoms with E-state index >= 15 is 0 Å². The van der Waals surface area contributed by atoms with Crippen LogP contribution in [-0.2, 0) is 11.2 Å². The number of benzene rings is 1. The van der Waals surface area contributed by atoms with Crippen molar-refractivity contribution in [1.29, 1.82) is 0 Å². The fourth-order valence-electron chi connectivity index (χ4n) is 4.35. The molecule has 5 nitrogen and oxygen atoms in total. The van der Waals surface area contributed by atoms with Gasteiger partial charge in [0.1, 0.15) is 6.04 Å². The minimum absolute atomic E-state index is 0. The lowest BCUT2D eigenvalue weighted by Gasteiger charge is -2.27. The van der Waals surface area contributed by atoms with Gasteiger partial charge in [-0.2, -0.15) is 0 Å². The first kappa shape index (κ1) is 21.8. The van der Waals surface area contributed by atoms with Crippen LogP contribution < -0.4 is 10.6 Å². The third-order valence-electron chi connectivity index (χ3n) is 5.96. The second-order valence-electron chi connectivity index (χ2n) is 7.77. The molecule has 1 unspecified atom stereocenters. The van der Waals surface area contributed by atoms with Crippen molar-refractivity contribution in [3.8, 4) is 0 Å². The number of likely N-dealkylation sites (tertiary alicyclic amines) is 1. The van der Waals surface area contributed by atoms with Gasteiger partial charge in [-0.3, -0.25) is 9.59 Å². The Bertz CT molecular complexity index is 786. The molecule has 2 aromatic rings. The molecule has 3 atom stereocenters. The van der Waals surface area contributed by atoms with Crippen LogP contribution in [0, 0.1) is 11.8 Å². The van der Waals surface area contributed by atoms with Crippen molar-refractivity contribution < 1.29 is 9.59 Å². The van der Waals surface area contributed by atoms with E-state index in [0.717, 1.165) is 44.6 Å². The molecule has 0 spiro atoms. The van der Waals surface area contributed by atoms with Gasteiger partial charge in [0.2, 0.25) is 5.91 Å². The number of nitrogens with zero attached hydrogens (tertiary/aromatic N) is 1. The van der Waals surface area contributed by atoms with E-state index in [4.69, 9.17) is 0 Å². The number of thiophene rings is 1. The summed E-state index contributed by atoms with van der Waals surface area (Å²) in [6.07, 6.45) is 2.60. The molecule has 4 rings (SSSR count). The molecule has 29 heavy (non-hydrogen) atoms. The zero-order chi connectivity index (χ0) is 19.3. The summed E-state index contributed by atoms with van der Waals surface area (Å²) in [6, 6.07) is 13.0. The summed E-state index contributed by atoms with van der Waals surface area (Å²) in [5.41, 5.74) is 1.06. The molecule has 7 heteroatoms. The quantitative estimate of drug-likeness (QED) is 0.762. The van der Waals surface area contributed by atoms with Crippen LogP contribution >= 0.6 is 23.7 Å². The molecule has 1 aromatic carbocycles. The highest BCUT2D eigenvalue weighted by Gasteiger charge is 2.34. The van der Waals surface area contributed by atoms with Crippen LogP contribution in [0.2, 0.25) is 0 Å². The fraction of sp³-hybridized carbons (Fsp3) is 0.455. The van der Waals surface area contributed by atoms with Gasteiger partial charge >= 0.3 is 0 Å². The van der Waals surface area contributed by atoms with Gasteiger partial charge < -0.3 is 15.5 Å². The van der Waals surface area contributed by atoms with Crippen LogP contribution in [0.3, 0.4) is 0 Å². The van der Waals surface area contributed by atoms with Crippen molar-refractivity contribution >= 4 is 35.6 Å². The Morgan fingerprint density at radius 3 is 2.38 bits per heavy atom. The van der Waals surface area contributed by atoms with Gasteiger partial charge in [0.25, 0.3) is 5.91 Å². The van der Waals surface area contributed by atoms with E-state index in [1.165, 1.54) is 11.3 Å². The predicted octanol–water partition coefficient (Wildman–Crippen LogP) is 2.97. The summed E-state index contributed by atoms with van der Waals surface area (Å²) < 4.78 is 0. The minimum Gasteiger partial charge on any atom is -0.341 e. The maximum absolute atomic E-state index is 13.4. The third-order valence-corrected chi connectivity index (χ3v) is 6.83. The Kier molecular flexibility index (Phi) is 7.70. The van der Waals surface area contributed by atoms with E-state index in [2.05, 4.69) is 10.6 Å². The summed E-state index contributed by atoms with van der Waals surface area (Å²) in [6.45, 7) is 3.69. The zero-order valence-corrected chi connectivity index (χ0v) is 18.0. The van der Waals surface area contributed by atoms with Crippen molar-refractivity contribution in [3.63, 3.8) is 0 Å². The van der Waals surface area contributed by atoms with Crippen LogP contribution in [-0.4, -0.2) is 48.9 Å². The predicted molar refractivity (Wildman–Crippen MR) is 119 cm³/mol. The van der Waals surface area contributed by atoms with Crippen molar-refractivity contribution in [2.45, 2.75) is 25.3 Å². The standard InChI is InChI=1S/C22H27N3O2S.ClH/c26-21(20-7-4-12-28-20)24-19(13-16-5-2-1-3-6-16)22(27)25-10-8-17-14-23-15-18(17)9-11-25;/h1-7,12,17-19,23H,8-11,13-15H2,(H,24,26);1H/t17-,18+,19?;. The molecule has 0 saturated carbocycles. The average Bonchev–Trinajstić information content (AvgIpc) is 3.37. The molecule has 0 bridgehead atoms. The largest absolute Gasteiger partial charge is 0.341 e. The number of carbonyl (C=O) groups excluding carboxylic acids is 2. The highest BCUT2D eigenvalue weighted by atomic mass is 35.5. The maximum Gasteiger partial charge on any atom is 0.262 e. The van der Waals surface area contributed by atoms with Gasteiger partial charge in [0.05, 0.1) is 4.88 Å². The summed E-state index contributed by atoms with van der Waals surface area (Å²) >= 11 is 1.40. The Balaban J connectivity index is 0.00000240. The molecule has 2 amide bonds. The zero-order valence-electron chi connectivity index (χ0n) is 16.4. The van der Waals surface area contributed by atoms with E-state index in [1.54, 1.807) is 6.07 Å². The van der Waals surface area contributed by atoms with Crippen LogP contribution in [0.1, 0.15) is 28.1 Å². The summed E-state index contributed by atoms with van der Waals surface area (Å²) in [5.74, 6) is 1.22.